The van der Waals surface area contributed by atoms with Gasteiger partial charge in [-0.1, -0.05) is 35.3 Å². The molecule has 29 heavy (non-hydrogen) atoms. The van der Waals surface area contributed by atoms with E-state index in [1.165, 1.54) is 4.70 Å². The van der Waals surface area contributed by atoms with Gasteiger partial charge in [-0.15, -0.1) is 11.3 Å². The number of halogens is 2. The van der Waals surface area contributed by atoms with Gasteiger partial charge in [0, 0.05) is 27.0 Å². The Kier molecular flexibility index (Phi) is 5.43. The Morgan fingerprint density at radius 2 is 1.83 bits per heavy atom. The predicted octanol–water partition coefficient (Wildman–Crippen LogP) is 6.64. The minimum atomic E-state index is -0.410. The van der Waals surface area contributed by atoms with Crippen LogP contribution in [-0.4, -0.2) is 10.5 Å². The van der Waals surface area contributed by atoms with E-state index in [-0.39, 0.29) is 0 Å². The Labute approximate surface area is 183 Å². The van der Waals surface area contributed by atoms with Crippen molar-refractivity contribution in [3.05, 3.63) is 81.0 Å². The van der Waals surface area contributed by atoms with E-state index in [0.29, 0.717) is 5.56 Å². The third kappa shape index (κ3) is 3.80. The molecule has 0 aliphatic carbocycles. The molecule has 0 aliphatic rings. The summed E-state index contributed by atoms with van der Waals surface area (Å²) in [6.45, 7) is 4.77. The van der Waals surface area contributed by atoms with Crippen molar-refractivity contribution in [2.75, 3.05) is 0 Å². The lowest BCUT2D eigenvalue weighted by Gasteiger charge is -2.12. The molecule has 0 atom stereocenters. The summed E-state index contributed by atoms with van der Waals surface area (Å²) in [6.07, 6.45) is 0.803. The number of aryl methyl sites for hydroxylation is 2. The number of thiophene rings is 1. The summed E-state index contributed by atoms with van der Waals surface area (Å²) in [5.74, 6) is -0.410. The number of carbonyl (C=O) groups excluding carboxylic acids is 1. The number of benzene rings is 2. The highest BCUT2D eigenvalue weighted by molar-refractivity contribution is 7.22. The van der Waals surface area contributed by atoms with Crippen LogP contribution < -0.4 is 5.73 Å². The molecule has 4 aromatic rings. The molecule has 0 saturated heterocycles. The van der Waals surface area contributed by atoms with Gasteiger partial charge in [-0.05, 0) is 73.2 Å². The normalized spacial score (nSPS) is 11.3. The molecule has 0 bridgehead atoms. The van der Waals surface area contributed by atoms with Crippen LogP contribution in [0.3, 0.4) is 0 Å². The van der Waals surface area contributed by atoms with E-state index < -0.39 is 5.91 Å². The van der Waals surface area contributed by atoms with Gasteiger partial charge >= 0.3 is 0 Å². The second-order valence-electron chi connectivity index (χ2n) is 7.12. The number of nitrogens with zero attached hydrogens (tertiary/aromatic N) is 1. The van der Waals surface area contributed by atoms with E-state index in [9.17, 15) is 4.79 Å². The Bertz CT molecular complexity index is 1240. The standard InChI is InChI=1S/C23H20Cl2N2OS/c1-13-18-11-17(25)6-7-21(18)29-22(13)20-12-19(23(26)28)14(2)27(20)9-8-15-4-3-5-16(24)10-15/h3-7,10-12H,8-9H2,1-2H3,(H2,26,28). The minimum absolute atomic E-state index is 0.410. The summed E-state index contributed by atoms with van der Waals surface area (Å²) in [6, 6.07) is 15.7. The lowest BCUT2D eigenvalue weighted by atomic mass is 10.1. The molecular weight excluding hydrogens is 423 g/mol. The molecule has 6 heteroatoms. The van der Waals surface area contributed by atoms with E-state index in [2.05, 4.69) is 17.6 Å². The minimum Gasteiger partial charge on any atom is -0.366 e. The first-order valence-electron chi connectivity index (χ1n) is 9.28. The first-order valence-corrected chi connectivity index (χ1v) is 10.9. The van der Waals surface area contributed by atoms with Crippen molar-refractivity contribution in [2.45, 2.75) is 26.8 Å². The number of hydrogen-bond acceptors (Lipinski definition) is 2. The van der Waals surface area contributed by atoms with Crippen molar-refractivity contribution >= 4 is 50.5 Å². The summed E-state index contributed by atoms with van der Waals surface area (Å²) >= 11 is 14.0. The van der Waals surface area contributed by atoms with Crippen LogP contribution in [0.5, 0.6) is 0 Å². The molecule has 148 valence electrons. The van der Waals surface area contributed by atoms with Crippen LogP contribution in [0.15, 0.2) is 48.5 Å². The van der Waals surface area contributed by atoms with Gasteiger partial charge in [0.05, 0.1) is 16.1 Å². The molecule has 0 aliphatic heterocycles. The zero-order valence-corrected chi connectivity index (χ0v) is 18.5. The number of fused-ring (bicyclic) bond motifs is 1. The monoisotopic (exact) mass is 442 g/mol. The average Bonchev–Trinajstić information content (AvgIpc) is 3.17. The van der Waals surface area contributed by atoms with Crippen LogP contribution in [0, 0.1) is 13.8 Å². The molecule has 4 rings (SSSR count). The number of aromatic nitrogens is 1. The highest BCUT2D eigenvalue weighted by Gasteiger charge is 2.20. The maximum atomic E-state index is 12.0. The molecule has 1 amide bonds. The van der Waals surface area contributed by atoms with Gasteiger partial charge in [-0.25, -0.2) is 0 Å². The number of carbonyl (C=O) groups is 1. The van der Waals surface area contributed by atoms with E-state index in [1.807, 2.05) is 49.4 Å². The van der Waals surface area contributed by atoms with Gasteiger partial charge in [-0.2, -0.15) is 0 Å². The Morgan fingerprint density at radius 3 is 2.55 bits per heavy atom. The molecule has 0 radical (unpaired) electrons. The van der Waals surface area contributed by atoms with Crippen molar-refractivity contribution < 1.29 is 4.79 Å². The average molecular weight is 443 g/mol. The summed E-state index contributed by atoms with van der Waals surface area (Å²) in [7, 11) is 0. The van der Waals surface area contributed by atoms with E-state index in [1.54, 1.807) is 11.3 Å². The van der Waals surface area contributed by atoms with Gasteiger partial charge in [-0.3, -0.25) is 4.79 Å². The first-order chi connectivity index (χ1) is 13.8. The van der Waals surface area contributed by atoms with Crippen molar-refractivity contribution in [2.24, 2.45) is 5.73 Å². The Hall–Kier alpha value is -2.27. The fourth-order valence-electron chi connectivity index (χ4n) is 3.74. The maximum absolute atomic E-state index is 12.0. The fourth-order valence-corrected chi connectivity index (χ4v) is 5.34. The van der Waals surface area contributed by atoms with Crippen LogP contribution in [0.2, 0.25) is 10.0 Å². The molecular formula is C23H20Cl2N2OS. The van der Waals surface area contributed by atoms with Crippen LogP contribution in [-0.2, 0) is 13.0 Å². The maximum Gasteiger partial charge on any atom is 0.250 e. The van der Waals surface area contributed by atoms with Crippen molar-refractivity contribution in [1.82, 2.24) is 4.57 Å². The third-order valence-corrected chi connectivity index (χ3v) is 7.04. The molecule has 0 fully saturated rings. The fraction of sp³-hybridized carbons (Fsp3) is 0.174. The molecule has 0 saturated carbocycles. The van der Waals surface area contributed by atoms with Crippen molar-refractivity contribution in [3.8, 4) is 10.6 Å². The summed E-state index contributed by atoms with van der Waals surface area (Å²) < 4.78 is 3.35. The van der Waals surface area contributed by atoms with Crippen LogP contribution >= 0.6 is 34.5 Å². The first kappa shape index (κ1) is 20.0. The van der Waals surface area contributed by atoms with Crippen molar-refractivity contribution in [3.63, 3.8) is 0 Å². The molecule has 2 heterocycles. The number of primary amides is 1. The third-order valence-electron chi connectivity index (χ3n) is 5.28. The van der Waals surface area contributed by atoms with Gasteiger partial charge in [0.2, 0.25) is 0 Å². The summed E-state index contributed by atoms with van der Waals surface area (Å²) in [5.41, 5.74) is 10.4. The van der Waals surface area contributed by atoms with Crippen molar-refractivity contribution in [1.29, 1.82) is 0 Å². The largest absolute Gasteiger partial charge is 0.366 e. The highest BCUT2D eigenvalue weighted by Crippen LogP contribution is 2.40. The SMILES string of the molecule is Cc1c(-c2cc(C(N)=O)c(C)n2CCc2cccc(Cl)c2)sc2ccc(Cl)cc12. The topological polar surface area (TPSA) is 48.0 Å². The molecule has 0 spiro atoms. The van der Waals surface area contributed by atoms with E-state index in [0.717, 1.165) is 55.8 Å². The molecule has 2 aromatic carbocycles. The number of nitrogens with two attached hydrogens (primary N) is 1. The summed E-state index contributed by atoms with van der Waals surface area (Å²) in [5, 5.41) is 2.58. The van der Waals surface area contributed by atoms with Crippen LogP contribution in [0.4, 0.5) is 0 Å². The van der Waals surface area contributed by atoms with Gasteiger partial charge in [0.25, 0.3) is 5.91 Å². The summed E-state index contributed by atoms with van der Waals surface area (Å²) in [4.78, 5) is 13.1. The molecule has 2 N–H and O–H groups in total. The zero-order valence-electron chi connectivity index (χ0n) is 16.1. The van der Waals surface area contributed by atoms with E-state index in [4.69, 9.17) is 28.9 Å². The zero-order chi connectivity index (χ0) is 20.7. The molecule has 3 nitrogen and oxygen atoms in total. The number of rotatable bonds is 5. The highest BCUT2D eigenvalue weighted by atomic mass is 35.5. The van der Waals surface area contributed by atoms with Gasteiger partial charge in [0.15, 0.2) is 0 Å². The van der Waals surface area contributed by atoms with Crippen LogP contribution in [0.1, 0.15) is 27.2 Å². The van der Waals surface area contributed by atoms with Gasteiger partial charge in [0.1, 0.15) is 0 Å². The Balaban J connectivity index is 1.81. The lowest BCUT2D eigenvalue weighted by Crippen LogP contribution is -2.13. The van der Waals surface area contributed by atoms with Gasteiger partial charge < -0.3 is 10.3 Å². The molecule has 2 aromatic heterocycles. The second-order valence-corrected chi connectivity index (χ2v) is 9.05. The number of hydrogen-bond donors (Lipinski definition) is 1. The Morgan fingerprint density at radius 1 is 1.07 bits per heavy atom. The van der Waals surface area contributed by atoms with Crippen LogP contribution in [0.25, 0.3) is 20.7 Å². The van der Waals surface area contributed by atoms with E-state index >= 15 is 0 Å². The number of amides is 1. The second kappa shape index (κ2) is 7.86. The lowest BCUT2D eigenvalue weighted by molar-refractivity contribution is 0.0999. The smallest absolute Gasteiger partial charge is 0.250 e. The quantitative estimate of drug-likeness (QED) is 0.370. The molecule has 0 unspecified atom stereocenters. The predicted molar refractivity (Wildman–Crippen MR) is 123 cm³/mol.